The zero-order chi connectivity index (χ0) is 16.9. The van der Waals surface area contributed by atoms with E-state index in [9.17, 15) is 4.79 Å². The predicted octanol–water partition coefficient (Wildman–Crippen LogP) is 4.01. The Bertz CT molecular complexity index is 767. The number of carbonyl (C=O) groups is 1. The van der Waals surface area contributed by atoms with Gasteiger partial charge in [0.15, 0.2) is 0 Å². The van der Waals surface area contributed by atoms with Crippen LogP contribution in [0, 0.1) is 6.92 Å². The molecule has 3 rings (SSSR count). The molecule has 0 atom stereocenters. The molecule has 1 saturated heterocycles. The Morgan fingerprint density at radius 1 is 1.21 bits per heavy atom. The molecule has 124 valence electrons. The molecule has 24 heavy (non-hydrogen) atoms. The first kappa shape index (κ1) is 16.5. The summed E-state index contributed by atoms with van der Waals surface area (Å²) in [6.45, 7) is 4.30. The van der Waals surface area contributed by atoms with E-state index in [4.69, 9.17) is 11.6 Å². The largest absolute Gasteiger partial charge is 0.372 e. The number of halogens is 1. The van der Waals surface area contributed by atoms with Crippen molar-refractivity contribution < 1.29 is 4.79 Å². The Labute approximate surface area is 147 Å². The lowest BCUT2D eigenvalue weighted by Crippen LogP contribution is -2.18. The number of nitrogens with zero attached hydrogens (tertiary/aromatic N) is 2. The van der Waals surface area contributed by atoms with Crippen molar-refractivity contribution in [2.24, 2.45) is 5.10 Å². The Kier molecular flexibility index (Phi) is 5.16. The molecule has 1 N–H and O–H groups in total. The van der Waals surface area contributed by atoms with Crippen molar-refractivity contribution in [3.63, 3.8) is 0 Å². The molecule has 1 aliphatic rings. The lowest BCUT2D eigenvalue weighted by atomic mass is 10.1. The van der Waals surface area contributed by atoms with E-state index in [-0.39, 0.29) is 5.91 Å². The summed E-state index contributed by atoms with van der Waals surface area (Å²) in [5, 5.41) is 4.46. The molecule has 0 unspecified atom stereocenters. The maximum Gasteiger partial charge on any atom is 0.272 e. The number of benzene rings is 2. The minimum atomic E-state index is -0.316. The maximum atomic E-state index is 12.1. The van der Waals surface area contributed by atoms with Crippen molar-refractivity contribution in [3.8, 4) is 0 Å². The first-order valence-electron chi connectivity index (χ1n) is 8.09. The van der Waals surface area contributed by atoms with Gasteiger partial charge in [-0.2, -0.15) is 5.10 Å². The first-order chi connectivity index (χ1) is 11.6. The third-order valence-corrected chi connectivity index (χ3v) is 4.54. The molecule has 4 nitrogen and oxygen atoms in total. The zero-order valence-electron chi connectivity index (χ0n) is 13.6. The summed E-state index contributed by atoms with van der Waals surface area (Å²) in [6, 6.07) is 13.2. The summed E-state index contributed by atoms with van der Waals surface area (Å²) in [5.74, 6) is -0.316. The standard InChI is InChI=1S/C19H20ClN3O/c1-14-12-16(23-10-4-5-11-23)9-8-15(14)13-21-22-19(24)17-6-2-3-7-18(17)20/h2-3,6-9,12-13H,4-5,10-11H2,1H3,(H,22,24)/b21-13+. The number of amides is 1. The van der Waals surface area contributed by atoms with Crippen LogP contribution in [0.25, 0.3) is 0 Å². The highest BCUT2D eigenvalue weighted by molar-refractivity contribution is 6.33. The van der Waals surface area contributed by atoms with Crippen LogP contribution >= 0.6 is 11.6 Å². The molecule has 0 saturated carbocycles. The van der Waals surface area contributed by atoms with Gasteiger partial charge < -0.3 is 4.90 Å². The van der Waals surface area contributed by atoms with Gasteiger partial charge in [0.1, 0.15) is 0 Å². The highest BCUT2D eigenvalue weighted by Crippen LogP contribution is 2.22. The quantitative estimate of drug-likeness (QED) is 0.674. The summed E-state index contributed by atoms with van der Waals surface area (Å²) in [7, 11) is 0. The summed E-state index contributed by atoms with van der Waals surface area (Å²) in [5.41, 5.74) is 6.31. The van der Waals surface area contributed by atoms with E-state index < -0.39 is 0 Å². The molecule has 5 heteroatoms. The van der Waals surface area contributed by atoms with Crippen LogP contribution in [0.2, 0.25) is 5.02 Å². The zero-order valence-corrected chi connectivity index (χ0v) is 14.4. The smallest absolute Gasteiger partial charge is 0.272 e. The average molecular weight is 342 g/mol. The normalized spacial score (nSPS) is 14.3. The highest BCUT2D eigenvalue weighted by atomic mass is 35.5. The Morgan fingerprint density at radius 3 is 2.67 bits per heavy atom. The van der Waals surface area contributed by atoms with Crippen LogP contribution in [0.5, 0.6) is 0 Å². The van der Waals surface area contributed by atoms with Gasteiger partial charge in [-0.15, -0.1) is 0 Å². The number of anilines is 1. The summed E-state index contributed by atoms with van der Waals surface area (Å²) in [4.78, 5) is 14.4. The minimum absolute atomic E-state index is 0.316. The van der Waals surface area contributed by atoms with E-state index in [0.29, 0.717) is 10.6 Å². The topological polar surface area (TPSA) is 44.7 Å². The second kappa shape index (κ2) is 7.49. The Hall–Kier alpha value is -2.33. The van der Waals surface area contributed by atoms with Crippen LogP contribution in [-0.2, 0) is 0 Å². The van der Waals surface area contributed by atoms with Gasteiger partial charge in [0.25, 0.3) is 5.91 Å². The number of rotatable bonds is 4. The van der Waals surface area contributed by atoms with Crippen LogP contribution < -0.4 is 10.3 Å². The number of aryl methyl sites for hydroxylation is 1. The average Bonchev–Trinajstić information content (AvgIpc) is 3.11. The van der Waals surface area contributed by atoms with E-state index >= 15 is 0 Å². The van der Waals surface area contributed by atoms with E-state index in [1.165, 1.54) is 18.5 Å². The van der Waals surface area contributed by atoms with Crippen LogP contribution in [0.3, 0.4) is 0 Å². The molecule has 0 radical (unpaired) electrons. The molecule has 1 aliphatic heterocycles. The van der Waals surface area contributed by atoms with Gasteiger partial charge in [-0.25, -0.2) is 5.43 Å². The van der Waals surface area contributed by atoms with Crippen LogP contribution in [-0.4, -0.2) is 25.2 Å². The SMILES string of the molecule is Cc1cc(N2CCCC2)ccc1/C=N/NC(=O)c1ccccc1Cl. The molecule has 2 aromatic rings. The first-order valence-corrected chi connectivity index (χ1v) is 8.46. The fourth-order valence-corrected chi connectivity index (χ4v) is 3.06. The highest BCUT2D eigenvalue weighted by Gasteiger charge is 2.12. The molecular formula is C19H20ClN3O. The fourth-order valence-electron chi connectivity index (χ4n) is 2.84. The van der Waals surface area contributed by atoms with Gasteiger partial charge in [0.2, 0.25) is 0 Å². The molecule has 0 bridgehead atoms. The third-order valence-electron chi connectivity index (χ3n) is 4.21. The summed E-state index contributed by atoms with van der Waals surface area (Å²) >= 11 is 6.00. The lowest BCUT2D eigenvalue weighted by Gasteiger charge is -2.18. The summed E-state index contributed by atoms with van der Waals surface area (Å²) in [6.07, 6.45) is 4.19. The molecule has 0 aromatic heterocycles. The van der Waals surface area contributed by atoms with Crippen LogP contribution in [0.1, 0.15) is 34.3 Å². The second-order valence-electron chi connectivity index (χ2n) is 5.91. The van der Waals surface area contributed by atoms with Gasteiger partial charge >= 0.3 is 0 Å². The number of nitrogens with one attached hydrogen (secondary N) is 1. The van der Waals surface area contributed by atoms with Crippen LogP contribution in [0.15, 0.2) is 47.6 Å². The Balaban J connectivity index is 1.66. The van der Waals surface area contributed by atoms with Crippen LogP contribution in [0.4, 0.5) is 5.69 Å². The molecule has 2 aromatic carbocycles. The fraction of sp³-hybridized carbons (Fsp3) is 0.263. The molecule has 0 spiro atoms. The van der Waals surface area contributed by atoms with E-state index in [1.807, 2.05) is 6.07 Å². The molecular weight excluding hydrogens is 322 g/mol. The maximum absolute atomic E-state index is 12.1. The Morgan fingerprint density at radius 2 is 1.96 bits per heavy atom. The number of hydrogen-bond acceptors (Lipinski definition) is 3. The molecule has 1 heterocycles. The van der Waals surface area contributed by atoms with Gasteiger partial charge in [0.05, 0.1) is 16.8 Å². The van der Waals surface area contributed by atoms with Gasteiger partial charge in [-0.3, -0.25) is 4.79 Å². The van der Waals surface area contributed by atoms with Gasteiger partial charge in [0, 0.05) is 18.8 Å². The summed E-state index contributed by atoms with van der Waals surface area (Å²) < 4.78 is 0. The second-order valence-corrected chi connectivity index (χ2v) is 6.32. The van der Waals surface area contributed by atoms with Crippen molar-refractivity contribution in [2.45, 2.75) is 19.8 Å². The van der Waals surface area contributed by atoms with Crippen molar-refractivity contribution >= 4 is 29.4 Å². The number of hydrazone groups is 1. The van der Waals surface area contributed by atoms with Crippen molar-refractivity contribution in [3.05, 3.63) is 64.2 Å². The minimum Gasteiger partial charge on any atom is -0.372 e. The van der Waals surface area contributed by atoms with Gasteiger partial charge in [-0.1, -0.05) is 29.8 Å². The van der Waals surface area contributed by atoms with Crippen molar-refractivity contribution in [1.29, 1.82) is 0 Å². The van der Waals surface area contributed by atoms with E-state index in [0.717, 1.165) is 24.2 Å². The van der Waals surface area contributed by atoms with Crippen molar-refractivity contribution in [1.82, 2.24) is 5.43 Å². The monoisotopic (exact) mass is 341 g/mol. The molecule has 0 aliphatic carbocycles. The van der Waals surface area contributed by atoms with E-state index in [1.54, 1.807) is 30.5 Å². The number of carbonyl (C=O) groups excluding carboxylic acids is 1. The molecule has 1 amide bonds. The molecule has 1 fully saturated rings. The predicted molar refractivity (Wildman–Crippen MR) is 99.1 cm³/mol. The van der Waals surface area contributed by atoms with Crippen molar-refractivity contribution in [2.75, 3.05) is 18.0 Å². The lowest BCUT2D eigenvalue weighted by molar-refractivity contribution is 0.0955. The number of hydrogen-bond donors (Lipinski definition) is 1. The van der Waals surface area contributed by atoms with E-state index in [2.05, 4.69) is 34.5 Å². The van der Waals surface area contributed by atoms with Gasteiger partial charge in [-0.05, 0) is 55.2 Å². The third kappa shape index (κ3) is 3.77.